The van der Waals surface area contributed by atoms with Crippen LogP contribution in [0.5, 0.6) is 17.2 Å². The summed E-state index contributed by atoms with van der Waals surface area (Å²) in [5, 5.41) is 0.760. The van der Waals surface area contributed by atoms with E-state index in [4.69, 9.17) is 26.8 Å². The van der Waals surface area contributed by atoms with Crippen LogP contribution in [0.4, 0.5) is 5.69 Å². The minimum Gasteiger partial charge on any atom is -0.491 e. The second-order valence-electron chi connectivity index (χ2n) is 4.99. The van der Waals surface area contributed by atoms with Crippen molar-refractivity contribution in [3.8, 4) is 17.2 Å². The first-order valence-electron chi connectivity index (χ1n) is 6.98. The molecule has 0 radical (unpaired) electrons. The molecule has 2 N–H and O–H groups in total. The number of anilines is 1. The molecule has 112 valence electrons. The molecule has 0 aromatic heterocycles. The molecule has 0 aliphatic heterocycles. The molecule has 0 bridgehead atoms. The van der Waals surface area contributed by atoms with Crippen molar-refractivity contribution in [2.45, 2.75) is 27.2 Å². The molecule has 2 aromatic carbocycles. The molecule has 4 heteroatoms. The highest BCUT2D eigenvalue weighted by Gasteiger charge is 2.10. The van der Waals surface area contributed by atoms with Gasteiger partial charge in [0, 0.05) is 5.02 Å². The maximum atomic E-state index is 6.17. The van der Waals surface area contributed by atoms with Crippen LogP contribution in [0.1, 0.15) is 24.5 Å². The van der Waals surface area contributed by atoms with Crippen molar-refractivity contribution in [2.75, 3.05) is 12.3 Å². The highest BCUT2D eigenvalue weighted by molar-refractivity contribution is 6.32. The Bertz CT molecular complexity index is 618. The van der Waals surface area contributed by atoms with Crippen molar-refractivity contribution >= 4 is 17.3 Å². The molecule has 0 aliphatic rings. The van der Waals surface area contributed by atoms with Crippen molar-refractivity contribution in [2.24, 2.45) is 0 Å². The van der Waals surface area contributed by atoms with E-state index in [-0.39, 0.29) is 0 Å². The minimum atomic E-state index is 0.510. The van der Waals surface area contributed by atoms with Gasteiger partial charge in [0.1, 0.15) is 17.2 Å². The Morgan fingerprint density at radius 1 is 1.10 bits per heavy atom. The van der Waals surface area contributed by atoms with Crippen molar-refractivity contribution < 1.29 is 9.47 Å². The monoisotopic (exact) mass is 305 g/mol. The maximum Gasteiger partial charge on any atom is 0.154 e. The lowest BCUT2D eigenvalue weighted by atomic mass is 10.1. The quantitative estimate of drug-likeness (QED) is 0.780. The number of nitrogens with two attached hydrogens (primary N) is 1. The van der Waals surface area contributed by atoms with E-state index >= 15 is 0 Å². The van der Waals surface area contributed by atoms with Crippen LogP contribution in [-0.4, -0.2) is 6.61 Å². The molecule has 0 amide bonds. The average molecular weight is 306 g/mol. The van der Waals surface area contributed by atoms with Gasteiger partial charge in [0.05, 0.1) is 6.61 Å². The number of nitrogen functional groups attached to an aromatic ring is 1. The van der Waals surface area contributed by atoms with Gasteiger partial charge in [-0.25, -0.2) is 0 Å². The molecule has 0 heterocycles. The van der Waals surface area contributed by atoms with Crippen molar-refractivity contribution in [3.05, 3.63) is 46.5 Å². The van der Waals surface area contributed by atoms with Gasteiger partial charge < -0.3 is 15.2 Å². The van der Waals surface area contributed by atoms with Gasteiger partial charge in [-0.15, -0.1) is 0 Å². The Labute approximate surface area is 130 Å². The molecule has 0 saturated carbocycles. The standard InChI is InChI=1S/C17H20ClNO2/c1-4-8-20-14-6-5-7-15(17(14)19)21-13-9-11(2)16(18)12(3)10-13/h5-7,9-10H,4,8,19H2,1-3H3. The summed E-state index contributed by atoms with van der Waals surface area (Å²) >= 11 is 6.17. The van der Waals surface area contributed by atoms with Crippen LogP contribution in [0.15, 0.2) is 30.3 Å². The molecule has 0 saturated heterocycles. The second-order valence-corrected chi connectivity index (χ2v) is 5.37. The summed E-state index contributed by atoms with van der Waals surface area (Å²) < 4.78 is 11.5. The number of hydrogen-bond donors (Lipinski definition) is 1. The van der Waals surface area contributed by atoms with Crippen LogP contribution in [0.3, 0.4) is 0 Å². The van der Waals surface area contributed by atoms with Gasteiger partial charge in [0.15, 0.2) is 5.75 Å². The first-order chi connectivity index (χ1) is 10.0. The van der Waals surface area contributed by atoms with E-state index in [1.807, 2.05) is 44.2 Å². The van der Waals surface area contributed by atoms with Crippen LogP contribution in [-0.2, 0) is 0 Å². The smallest absolute Gasteiger partial charge is 0.154 e. The molecule has 21 heavy (non-hydrogen) atoms. The molecular formula is C17H20ClNO2. The summed E-state index contributed by atoms with van der Waals surface area (Å²) in [4.78, 5) is 0. The number of rotatable bonds is 5. The number of hydrogen-bond acceptors (Lipinski definition) is 3. The fourth-order valence-corrected chi connectivity index (χ4v) is 2.15. The lowest BCUT2D eigenvalue weighted by Gasteiger charge is -2.14. The minimum absolute atomic E-state index is 0.510. The molecule has 0 unspecified atom stereocenters. The summed E-state index contributed by atoms with van der Waals surface area (Å²) in [5.41, 5.74) is 8.56. The van der Waals surface area contributed by atoms with Crippen LogP contribution in [0.25, 0.3) is 0 Å². The summed E-state index contributed by atoms with van der Waals surface area (Å²) in [6.07, 6.45) is 0.931. The van der Waals surface area contributed by atoms with Crippen molar-refractivity contribution in [3.63, 3.8) is 0 Å². The summed E-state index contributed by atoms with van der Waals surface area (Å²) in [6.45, 7) is 6.58. The Morgan fingerprint density at radius 3 is 2.33 bits per heavy atom. The lowest BCUT2D eigenvalue weighted by Crippen LogP contribution is -2.00. The maximum absolute atomic E-state index is 6.17. The first kappa shape index (κ1) is 15.5. The fraction of sp³-hybridized carbons (Fsp3) is 0.294. The number of para-hydroxylation sites is 1. The van der Waals surface area contributed by atoms with E-state index in [2.05, 4.69) is 6.92 Å². The highest BCUT2D eigenvalue weighted by atomic mass is 35.5. The van der Waals surface area contributed by atoms with Crippen LogP contribution in [0.2, 0.25) is 5.02 Å². The molecular weight excluding hydrogens is 286 g/mol. The highest BCUT2D eigenvalue weighted by Crippen LogP contribution is 2.36. The molecule has 0 spiro atoms. The van der Waals surface area contributed by atoms with E-state index in [1.54, 1.807) is 0 Å². The van der Waals surface area contributed by atoms with Gasteiger partial charge in [0.25, 0.3) is 0 Å². The second kappa shape index (κ2) is 6.72. The third-order valence-corrected chi connectivity index (χ3v) is 3.72. The predicted octanol–water partition coefficient (Wildman–Crippen LogP) is 5.12. The lowest BCUT2D eigenvalue weighted by molar-refractivity contribution is 0.318. The SMILES string of the molecule is CCCOc1cccc(Oc2cc(C)c(Cl)c(C)c2)c1N. The van der Waals surface area contributed by atoms with Gasteiger partial charge >= 0.3 is 0 Å². The molecule has 0 aliphatic carbocycles. The average Bonchev–Trinajstić information content (AvgIpc) is 2.45. The largest absolute Gasteiger partial charge is 0.491 e. The summed E-state index contributed by atoms with van der Waals surface area (Å²) in [7, 11) is 0. The Morgan fingerprint density at radius 2 is 1.71 bits per heavy atom. The number of halogens is 1. The Hall–Kier alpha value is -1.87. The van der Waals surface area contributed by atoms with E-state index in [0.29, 0.717) is 29.5 Å². The Balaban J connectivity index is 2.27. The topological polar surface area (TPSA) is 44.5 Å². The zero-order valence-electron chi connectivity index (χ0n) is 12.6. The van der Waals surface area contributed by atoms with Gasteiger partial charge in [-0.1, -0.05) is 24.6 Å². The zero-order valence-corrected chi connectivity index (χ0v) is 13.3. The number of benzene rings is 2. The van der Waals surface area contributed by atoms with E-state index in [1.165, 1.54) is 0 Å². The van der Waals surface area contributed by atoms with Gasteiger partial charge in [-0.2, -0.15) is 0 Å². The summed E-state index contributed by atoms with van der Waals surface area (Å²) in [5.74, 6) is 1.95. The fourth-order valence-electron chi connectivity index (χ4n) is 2.04. The number of aryl methyl sites for hydroxylation is 2. The van der Waals surface area contributed by atoms with Gasteiger partial charge in [0.2, 0.25) is 0 Å². The van der Waals surface area contributed by atoms with E-state index < -0.39 is 0 Å². The molecule has 2 aromatic rings. The van der Waals surface area contributed by atoms with Gasteiger partial charge in [-0.3, -0.25) is 0 Å². The van der Waals surface area contributed by atoms with Crippen LogP contribution >= 0.6 is 11.6 Å². The van der Waals surface area contributed by atoms with Crippen LogP contribution < -0.4 is 15.2 Å². The predicted molar refractivity (Wildman–Crippen MR) is 87.6 cm³/mol. The van der Waals surface area contributed by atoms with Gasteiger partial charge in [-0.05, 0) is 55.7 Å². The molecule has 0 fully saturated rings. The molecule has 3 nitrogen and oxygen atoms in total. The molecule has 2 rings (SSSR count). The van der Waals surface area contributed by atoms with Crippen molar-refractivity contribution in [1.82, 2.24) is 0 Å². The third-order valence-electron chi connectivity index (χ3n) is 3.13. The summed E-state index contributed by atoms with van der Waals surface area (Å²) in [6, 6.07) is 9.33. The van der Waals surface area contributed by atoms with E-state index in [9.17, 15) is 0 Å². The number of ether oxygens (including phenoxy) is 2. The first-order valence-corrected chi connectivity index (χ1v) is 7.36. The third kappa shape index (κ3) is 3.61. The van der Waals surface area contributed by atoms with Crippen LogP contribution in [0, 0.1) is 13.8 Å². The van der Waals surface area contributed by atoms with Crippen molar-refractivity contribution in [1.29, 1.82) is 0 Å². The normalized spacial score (nSPS) is 10.5. The molecule has 0 atom stereocenters. The Kier molecular flexibility index (Phi) is 4.97. The van der Waals surface area contributed by atoms with E-state index in [0.717, 1.165) is 22.6 Å². The zero-order chi connectivity index (χ0) is 15.4.